The summed E-state index contributed by atoms with van der Waals surface area (Å²) in [5.74, 6) is 2.41. The number of Topliss-reactive ketones (excluding diaryl/α,β-unsaturated/α-hetero) is 1. The molecule has 0 aliphatic carbocycles. The van der Waals surface area contributed by atoms with Crippen LogP contribution in [-0.2, 0) is 4.79 Å². The first-order valence-electron chi connectivity index (χ1n) is 7.72. The van der Waals surface area contributed by atoms with Crippen molar-refractivity contribution in [3.8, 4) is 5.75 Å². The molecule has 0 atom stereocenters. The van der Waals surface area contributed by atoms with Crippen LogP contribution in [0.15, 0.2) is 34.2 Å². The average Bonchev–Trinajstić information content (AvgIpc) is 3.07. The van der Waals surface area contributed by atoms with E-state index >= 15 is 0 Å². The number of carbonyl (C=O) groups excluding carboxylic acids is 2. The molecule has 1 aromatic rings. The lowest BCUT2D eigenvalue weighted by Crippen LogP contribution is -2.38. The molecule has 0 N–H and O–H groups in total. The number of ketones is 1. The number of thioether (sulfide) groups is 2. The van der Waals surface area contributed by atoms with E-state index in [9.17, 15) is 9.59 Å². The molecule has 0 radical (unpaired) electrons. The predicted octanol–water partition coefficient (Wildman–Crippen LogP) is 4.03. The van der Waals surface area contributed by atoms with Crippen molar-refractivity contribution >= 4 is 35.2 Å². The summed E-state index contributed by atoms with van der Waals surface area (Å²) in [7, 11) is 3.28. The fraction of sp³-hybridized carbons (Fsp3) is 0.444. The number of nitrogens with zero attached hydrogens (tertiary/aromatic N) is 1. The molecule has 1 aliphatic heterocycles. The molecule has 1 aliphatic rings. The first kappa shape index (κ1) is 18.9. The number of rotatable bonds is 4. The fourth-order valence-electron chi connectivity index (χ4n) is 2.31. The zero-order chi connectivity index (χ0) is 17.9. The Morgan fingerprint density at radius 3 is 2.08 bits per heavy atom. The molecule has 0 aromatic heterocycles. The Bertz CT molecular complexity index is 652. The Labute approximate surface area is 152 Å². The van der Waals surface area contributed by atoms with E-state index in [0.717, 1.165) is 15.7 Å². The van der Waals surface area contributed by atoms with Crippen LogP contribution in [0.2, 0.25) is 0 Å². The SMILES string of the molecule is COc1ccc(C(=O)C(=C2SCCS2)N(C)C(=O)C(C)(C)C)cc1. The van der Waals surface area contributed by atoms with Crippen molar-refractivity contribution < 1.29 is 14.3 Å². The van der Waals surface area contributed by atoms with Crippen molar-refractivity contribution in [1.82, 2.24) is 4.90 Å². The molecule has 0 bridgehead atoms. The van der Waals surface area contributed by atoms with Crippen molar-refractivity contribution in [2.45, 2.75) is 20.8 Å². The first-order chi connectivity index (χ1) is 11.3. The summed E-state index contributed by atoms with van der Waals surface area (Å²) < 4.78 is 6.07. The molecule has 6 heteroatoms. The second-order valence-electron chi connectivity index (χ2n) is 6.50. The molecule has 130 valence electrons. The number of likely N-dealkylation sites (N-methyl/N-ethyl adjacent to an activating group) is 1. The lowest BCUT2D eigenvalue weighted by atomic mass is 9.94. The number of benzene rings is 1. The standard InChI is InChI=1S/C18H23NO3S2/c1-18(2,3)17(21)19(4)14(16-23-10-11-24-16)15(20)12-6-8-13(22-5)9-7-12/h6-9H,10-11H2,1-5H3. The van der Waals surface area contributed by atoms with E-state index in [1.807, 2.05) is 20.8 Å². The fourth-order valence-corrected chi connectivity index (χ4v) is 4.92. The minimum atomic E-state index is -0.547. The van der Waals surface area contributed by atoms with E-state index in [2.05, 4.69) is 0 Å². The molecule has 1 saturated heterocycles. The minimum Gasteiger partial charge on any atom is -0.497 e. The van der Waals surface area contributed by atoms with E-state index in [4.69, 9.17) is 4.74 Å². The van der Waals surface area contributed by atoms with E-state index in [1.54, 1.807) is 61.9 Å². The topological polar surface area (TPSA) is 46.6 Å². The summed E-state index contributed by atoms with van der Waals surface area (Å²) in [6, 6.07) is 6.99. The van der Waals surface area contributed by atoms with Gasteiger partial charge in [0, 0.05) is 29.5 Å². The molecule has 1 aromatic carbocycles. The van der Waals surface area contributed by atoms with Gasteiger partial charge in [-0.2, -0.15) is 0 Å². The molecule has 1 fully saturated rings. The van der Waals surface area contributed by atoms with Crippen LogP contribution in [-0.4, -0.2) is 42.3 Å². The van der Waals surface area contributed by atoms with Crippen LogP contribution in [0.4, 0.5) is 0 Å². The second kappa shape index (κ2) is 7.66. The van der Waals surface area contributed by atoms with Gasteiger partial charge in [0.15, 0.2) is 0 Å². The Hall–Kier alpha value is -1.40. The highest BCUT2D eigenvalue weighted by Crippen LogP contribution is 2.41. The summed E-state index contributed by atoms with van der Waals surface area (Å²) in [6.07, 6.45) is 0. The number of ether oxygens (including phenoxy) is 1. The average molecular weight is 366 g/mol. The van der Waals surface area contributed by atoms with Crippen LogP contribution in [0.1, 0.15) is 31.1 Å². The number of hydrogen-bond acceptors (Lipinski definition) is 5. The smallest absolute Gasteiger partial charge is 0.232 e. The third-order valence-corrected chi connectivity index (χ3v) is 6.29. The highest BCUT2D eigenvalue weighted by molar-refractivity contribution is 8.25. The molecule has 4 nitrogen and oxygen atoms in total. The van der Waals surface area contributed by atoms with Crippen molar-refractivity contribution in [2.24, 2.45) is 5.41 Å². The van der Waals surface area contributed by atoms with E-state index < -0.39 is 5.41 Å². The van der Waals surface area contributed by atoms with Gasteiger partial charge in [0.2, 0.25) is 11.7 Å². The molecule has 0 spiro atoms. The largest absolute Gasteiger partial charge is 0.497 e. The van der Waals surface area contributed by atoms with Crippen molar-refractivity contribution in [3.63, 3.8) is 0 Å². The van der Waals surface area contributed by atoms with Gasteiger partial charge in [0.25, 0.3) is 0 Å². The van der Waals surface area contributed by atoms with Crippen molar-refractivity contribution in [2.75, 3.05) is 25.7 Å². The summed E-state index contributed by atoms with van der Waals surface area (Å²) in [5, 5.41) is 0. The predicted molar refractivity (Wildman–Crippen MR) is 101 cm³/mol. The molecular formula is C18H23NO3S2. The van der Waals surface area contributed by atoms with Crippen LogP contribution < -0.4 is 4.74 Å². The lowest BCUT2D eigenvalue weighted by Gasteiger charge is -2.28. The minimum absolute atomic E-state index is 0.0695. The van der Waals surface area contributed by atoms with Crippen LogP contribution in [0.3, 0.4) is 0 Å². The van der Waals surface area contributed by atoms with Crippen LogP contribution >= 0.6 is 23.5 Å². The van der Waals surface area contributed by atoms with Crippen LogP contribution in [0.5, 0.6) is 5.75 Å². The van der Waals surface area contributed by atoms with Crippen molar-refractivity contribution in [3.05, 3.63) is 39.8 Å². The van der Waals surface area contributed by atoms with Gasteiger partial charge in [0.1, 0.15) is 11.4 Å². The number of amides is 1. The third-order valence-electron chi connectivity index (χ3n) is 3.59. The molecule has 1 heterocycles. The van der Waals surface area contributed by atoms with Gasteiger partial charge in [-0.05, 0) is 24.3 Å². The number of hydrogen-bond donors (Lipinski definition) is 0. The van der Waals surface area contributed by atoms with Gasteiger partial charge in [-0.25, -0.2) is 0 Å². The van der Waals surface area contributed by atoms with E-state index in [0.29, 0.717) is 17.0 Å². The summed E-state index contributed by atoms with van der Waals surface area (Å²) in [6.45, 7) is 5.59. The highest BCUT2D eigenvalue weighted by atomic mass is 32.2. The second-order valence-corrected chi connectivity index (χ2v) is 8.97. The monoisotopic (exact) mass is 365 g/mol. The first-order valence-corrected chi connectivity index (χ1v) is 9.69. The van der Waals surface area contributed by atoms with Gasteiger partial charge >= 0.3 is 0 Å². The van der Waals surface area contributed by atoms with Crippen molar-refractivity contribution in [1.29, 1.82) is 0 Å². The maximum atomic E-state index is 13.1. The van der Waals surface area contributed by atoms with Gasteiger partial charge in [-0.15, -0.1) is 23.5 Å². The van der Waals surface area contributed by atoms with E-state index in [1.165, 1.54) is 4.90 Å². The molecular weight excluding hydrogens is 342 g/mol. The van der Waals surface area contributed by atoms with Crippen LogP contribution in [0, 0.1) is 5.41 Å². The van der Waals surface area contributed by atoms with Crippen LogP contribution in [0.25, 0.3) is 0 Å². The Kier molecular flexibility index (Phi) is 6.04. The third kappa shape index (κ3) is 4.16. The Morgan fingerprint density at radius 2 is 1.62 bits per heavy atom. The number of allylic oxidation sites excluding steroid dienone is 1. The van der Waals surface area contributed by atoms with Gasteiger partial charge < -0.3 is 9.64 Å². The van der Waals surface area contributed by atoms with Gasteiger partial charge in [-0.1, -0.05) is 20.8 Å². The zero-order valence-electron chi connectivity index (χ0n) is 14.7. The number of carbonyl (C=O) groups is 2. The van der Waals surface area contributed by atoms with Gasteiger partial charge in [-0.3, -0.25) is 9.59 Å². The lowest BCUT2D eigenvalue weighted by molar-refractivity contribution is -0.136. The summed E-state index contributed by atoms with van der Waals surface area (Å²) >= 11 is 3.28. The summed E-state index contributed by atoms with van der Waals surface area (Å²) in [5.41, 5.74) is 0.488. The molecule has 2 rings (SSSR count). The normalized spacial score (nSPS) is 14.5. The van der Waals surface area contributed by atoms with Gasteiger partial charge in [0.05, 0.1) is 11.3 Å². The molecule has 0 unspecified atom stereocenters. The maximum Gasteiger partial charge on any atom is 0.232 e. The Morgan fingerprint density at radius 1 is 1.08 bits per heavy atom. The molecule has 0 saturated carbocycles. The highest BCUT2D eigenvalue weighted by Gasteiger charge is 2.32. The molecule has 1 amide bonds. The Balaban J connectivity index is 2.41. The van der Waals surface area contributed by atoms with E-state index in [-0.39, 0.29) is 11.7 Å². The quantitative estimate of drug-likeness (QED) is 0.595. The molecule has 24 heavy (non-hydrogen) atoms. The maximum absolute atomic E-state index is 13.1. The number of methoxy groups -OCH3 is 1. The summed E-state index contributed by atoms with van der Waals surface area (Å²) in [4.78, 5) is 27.3. The zero-order valence-corrected chi connectivity index (χ0v) is 16.3.